The molecule has 0 spiro atoms. The quantitative estimate of drug-likeness (QED) is 0.539. The highest BCUT2D eigenvalue weighted by atomic mass is 32.2. The lowest BCUT2D eigenvalue weighted by molar-refractivity contribution is -0.133. The number of carboxylic acids is 1. The normalized spacial score (nSPS) is 10.9. The van der Waals surface area contributed by atoms with Crippen molar-refractivity contribution in [3.63, 3.8) is 0 Å². The molecule has 0 saturated carbocycles. The minimum Gasteiger partial charge on any atom is -0.491 e. The summed E-state index contributed by atoms with van der Waals surface area (Å²) in [5, 5.41) is 11.2. The Bertz CT molecular complexity index is 529. The number of ether oxygens (including phenoxy) is 1. The van der Waals surface area contributed by atoms with Gasteiger partial charge in [0, 0.05) is 18.4 Å². The molecular formula is C16H21NO4S. The van der Waals surface area contributed by atoms with Crippen molar-refractivity contribution in [3.05, 3.63) is 35.9 Å². The van der Waals surface area contributed by atoms with Crippen LogP contribution in [0.5, 0.6) is 5.75 Å². The van der Waals surface area contributed by atoms with Crippen molar-refractivity contribution in [1.82, 2.24) is 5.32 Å². The maximum Gasteiger partial charge on any atom is 0.313 e. The molecule has 0 fully saturated rings. The number of rotatable bonds is 9. The number of hydrogen-bond donors (Lipinski definition) is 2. The van der Waals surface area contributed by atoms with Gasteiger partial charge in [0.15, 0.2) is 0 Å². The van der Waals surface area contributed by atoms with E-state index in [1.807, 2.05) is 38.1 Å². The molecule has 0 aliphatic heterocycles. The number of aliphatic carboxylic acids is 1. The van der Waals surface area contributed by atoms with Crippen LogP contribution < -0.4 is 10.1 Å². The van der Waals surface area contributed by atoms with Gasteiger partial charge in [-0.15, -0.1) is 11.8 Å². The molecule has 22 heavy (non-hydrogen) atoms. The molecule has 0 aliphatic rings. The lowest BCUT2D eigenvalue weighted by atomic mass is 10.2. The highest BCUT2D eigenvalue weighted by molar-refractivity contribution is 7.99. The van der Waals surface area contributed by atoms with E-state index in [0.717, 1.165) is 11.3 Å². The molecule has 5 nitrogen and oxygen atoms in total. The highest BCUT2D eigenvalue weighted by Gasteiger charge is 2.00. The second-order valence-electron chi connectivity index (χ2n) is 4.81. The Morgan fingerprint density at radius 2 is 2.18 bits per heavy atom. The molecule has 0 aromatic heterocycles. The summed E-state index contributed by atoms with van der Waals surface area (Å²) in [6, 6.07) is 7.50. The largest absolute Gasteiger partial charge is 0.491 e. The molecule has 0 atom stereocenters. The van der Waals surface area contributed by atoms with E-state index in [9.17, 15) is 9.59 Å². The summed E-state index contributed by atoms with van der Waals surface area (Å²) in [7, 11) is 0. The van der Waals surface area contributed by atoms with E-state index in [1.165, 1.54) is 17.8 Å². The van der Waals surface area contributed by atoms with E-state index in [-0.39, 0.29) is 17.8 Å². The predicted octanol–water partition coefficient (Wildman–Crippen LogP) is 2.42. The number of carbonyl (C=O) groups is 2. The van der Waals surface area contributed by atoms with Gasteiger partial charge >= 0.3 is 5.97 Å². The standard InChI is InChI=1S/C16H21NO4S/c1-12(2)21-14-5-3-4-13(10-14)6-7-15(18)17-8-9-22-11-16(19)20/h3-7,10,12H,8-9,11H2,1-2H3,(H,17,18)(H,19,20)/b7-6+. The summed E-state index contributed by atoms with van der Waals surface area (Å²) in [6.07, 6.45) is 3.27. The Morgan fingerprint density at radius 1 is 1.41 bits per heavy atom. The molecule has 6 heteroatoms. The fraction of sp³-hybridized carbons (Fsp3) is 0.375. The molecule has 0 aliphatic carbocycles. The Morgan fingerprint density at radius 3 is 2.86 bits per heavy atom. The molecule has 1 rings (SSSR count). The van der Waals surface area contributed by atoms with E-state index in [4.69, 9.17) is 9.84 Å². The summed E-state index contributed by atoms with van der Waals surface area (Å²) in [6.45, 7) is 4.36. The van der Waals surface area contributed by atoms with Crippen molar-refractivity contribution in [2.75, 3.05) is 18.1 Å². The third kappa shape index (κ3) is 8.36. The molecule has 0 bridgehead atoms. The van der Waals surface area contributed by atoms with Crippen molar-refractivity contribution in [1.29, 1.82) is 0 Å². The van der Waals surface area contributed by atoms with Crippen LogP contribution in [0.25, 0.3) is 6.08 Å². The van der Waals surface area contributed by atoms with E-state index in [0.29, 0.717) is 12.3 Å². The van der Waals surface area contributed by atoms with E-state index in [2.05, 4.69) is 5.32 Å². The number of nitrogens with one attached hydrogen (secondary N) is 1. The molecule has 0 unspecified atom stereocenters. The minimum atomic E-state index is -0.847. The van der Waals surface area contributed by atoms with Crippen molar-refractivity contribution < 1.29 is 19.4 Å². The number of thioether (sulfide) groups is 1. The average molecular weight is 323 g/mol. The summed E-state index contributed by atoms with van der Waals surface area (Å²) in [4.78, 5) is 21.9. The zero-order valence-electron chi connectivity index (χ0n) is 12.7. The molecule has 1 aromatic carbocycles. The summed E-state index contributed by atoms with van der Waals surface area (Å²) >= 11 is 1.27. The number of hydrogen-bond acceptors (Lipinski definition) is 4. The van der Waals surface area contributed by atoms with Gasteiger partial charge in [0.05, 0.1) is 11.9 Å². The van der Waals surface area contributed by atoms with E-state index in [1.54, 1.807) is 6.08 Å². The first kappa shape index (κ1) is 18.1. The second-order valence-corrected chi connectivity index (χ2v) is 5.91. The van der Waals surface area contributed by atoms with E-state index >= 15 is 0 Å². The molecule has 1 amide bonds. The minimum absolute atomic E-state index is 0.0500. The van der Waals surface area contributed by atoms with Gasteiger partial charge in [-0.25, -0.2) is 0 Å². The molecule has 2 N–H and O–H groups in total. The van der Waals surface area contributed by atoms with Gasteiger partial charge in [-0.3, -0.25) is 9.59 Å². The van der Waals surface area contributed by atoms with Crippen LogP contribution in [-0.2, 0) is 9.59 Å². The maximum absolute atomic E-state index is 11.6. The van der Waals surface area contributed by atoms with Gasteiger partial charge in [0.1, 0.15) is 5.75 Å². The van der Waals surface area contributed by atoms with Crippen LogP contribution in [0.4, 0.5) is 0 Å². The van der Waals surface area contributed by atoms with Crippen LogP contribution in [0.1, 0.15) is 19.4 Å². The number of benzene rings is 1. The Balaban J connectivity index is 2.37. The SMILES string of the molecule is CC(C)Oc1cccc(/C=C/C(=O)NCCSCC(=O)O)c1. The zero-order valence-corrected chi connectivity index (χ0v) is 13.6. The zero-order chi connectivity index (χ0) is 16.4. The topological polar surface area (TPSA) is 75.6 Å². The van der Waals surface area contributed by atoms with Crippen LogP contribution >= 0.6 is 11.8 Å². The monoisotopic (exact) mass is 323 g/mol. The van der Waals surface area contributed by atoms with Gasteiger partial charge in [-0.05, 0) is 37.6 Å². The fourth-order valence-electron chi connectivity index (χ4n) is 1.60. The second kappa shape index (κ2) is 9.89. The number of carbonyl (C=O) groups excluding carboxylic acids is 1. The van der Waals surface area contributed by atoms with Gasteiger partial charge in [-0.1, -0.05) is 12.1 Å². The smallest absolute Gasteiger partial charge is 0.313 e. The summed E-state index contributed by atoms with van der Waals surface area (Å²) in [5.74, 6) is 0.339. The van der Waals surface area contributed by atoms with Crippen LogP contribution in [0.3, 0.4) is 0 Å². The summed E-state index contributed by atoms with van der Waals surface area (Å²) in [5.41, 5.74) is 0.883. The maximum atomic E-state index is 11.6. The molecule has 120 valence electrons. The van der Waals surface area contributed by atoms with Crippen LogP contribution in [0, 0.1) is 0 Å². The molecule has 1 aromatic rings. The van der Waals surface area contributed by atoms with Crippen molar-refractivity contribution in [3.8, 4) is 5.75 Å². The number of carboxylic acid groups (broad SMARTS) is 1. The fourth-order valence-corrected chi connectivity index (χ4v) is 2.17. The lowest BCUT2D eigenvalue weighted by Gasteiger charge is -2.09. The first-order chi connectivity index (χ1) is 10.5. The highest BCUT2D eigenvalue weighted by Crippen LogP contribution is 2.15. The Hall–Kier alpha value is -1.95. The predicted molar refractivity (Wildman–Crippen MR) is 89.2 cm³/mol. The first-order valence-electron chi connectivity index (χ1n) is 6.99. The van der Waals surface area contributed by atoms with Crippen molar-refractivity contribution in [2.45, 2.75) is 20.0 Å². The Kier molecular flexibility index (Phi) is 8.14. The van der Waals surface area contributed by atoms with Crippen LogP contribution in [0.15, 0.2) is 30.3 Å². The van der Waals surface area contributed by atoms with E-state index < -0.39 is 5.97 Å². The molecule has 0 radical (unpaired) electrons. The van der Waals surface area contributed by atoms with Crippen molar-refractivity contribution >= 4 is 29.7 Å². The molecular weight excluding hydrogens is 302 g/mol. The Labute approximate surface area is 134 Å². The van der Waals surface area contributed by atoms with Crippen molar-refractivity contribution in [2.24, 2.45) is 0 Å². The van der Waals surface area contributed by atoms with Crippen LogP contribution in [0.2, 0.25) is 0 Å². The van der Waals surface area contributed by atoms with Gasteiger partial charge in [-0.2, -0.15) is 0 Å². The van der Waals surface area contributed by atoms with Gasteiger partial charge < -0.3 is 15.2 Å². The third-order valence-corrected chi connectivity index (χ3v) is 3.37. The average Bonchev–Trinajstić information content (AvgIpc) is 2.44. The molecule has 0 saturated heterocycles. The van der Waals surface area contributed by atoms with Gasteiger partial charge in [0.2, 0.25) is 5.91 Å². The summed E-state index contributed by atoms with van der Waals surface area (Å²) < 4.78 is 5.59. The third-order valence-electron chi connectivity index (χ3n) is 2.43. The number of amides is 1. The van der Waals surface area contributed by atoms with Crippen LogP contribution in [-0.4, -0.2) is 41.1 Å². The van der Waals surface area contributed by atoms with Gasteiger partial charge in [0.25, 0.3) is 0 Å². The lowest BCUT2D eigenvalue weighted by Crippen LogP contribution is -2.23. The first-order valence-corrected chi connectivity index (χ1v) is 8.15. The molecule has 0 heterocycles.